The van der Waals surface area contributed by atoms with Gasteiger partial charge in [-0.1, -0.05) is 19.1 Å². The summed E-state index contributed by atoms with van der Waals surface area (Å²) in [7, 11) is 1.97. The molecule has 1 saturated heterocycles. The number of nitrogens with zero attached hydrogens (tertiary/aromatic N) is 8. The standard InChI is InChI=1S/C28H33F3N8O4/c1-4-9-38-25(40)22-24(37(5-2)26(38)41)33-23(39(22)18-43-27(42)35-12-10-34(3)11-13-35)20-15-32-36(17-20)16-19-7-6-8-21(14-19)28(29,30)31/h6-8,14-15,17H,4-5,9-13,16,18H2,1-3H3. The molecule has 1 aromatic carbocycles. The monoisotopic (exact) mass is 602 g/mol. The second-order valence-corrected chi connectivity index (χ2v) is 10.5. The Bertz CT molecular complexity index is 1750. The van der Waals surface area contributed by atoms with Crippen molar-refractivity contribution in [3.05, 3.63) is 68.6 Å². The van der Waals surface area contributed by atoms with E-state index in [1.165, 1.54) is 26.1 Å². The van der Waals surface area contributed by atoms with Crippen molar-refractivity contribution in [3.8, 4) is 11.4 Å². The zero-order valence-corrected chi connectivity index (χ0v) is 24.2. The Balaban J connectivity index is 1.55. The molecule has 1 fully saturated rings. The largest absolute Gasteiger partial charge is 0.428 e. The van der Waals surface area contributed by atoms with Gasteiger partial charge in [0.2, 0.25) is 0 Å². The number of halogens is 3. The SMILES string of the molecule is CCCn1c(=O)c2c(nc(-c3cnn(Cc4cccc(C(F)(F)F)c4)c3)n2COC(=O)N2CCN(C)CC2)n(CC)c1=O. The van der Waals surface area contributed by atoms with Gasteiger partial charge in [-0.25, -0.2) is 14.6 Å². The van der Waals surface area contributed by atoms with Crippen LogP contribution in [-0.2, 0) is 37.3 Å². The van der Waals surface area contributed by atoms with Crippen LogP contribution < -0.4 is 11.2 Å². The van der Waals surface area contributed by atoms with Gasteiger partial charge in [0.05, 0.1) is 23.9 Å². The Morgan fingerprint density at radius 2 is 1.79 bits per heavy atom. The molecule has 12 nitrogen and oxygen atoms in total. The number of benzene rings is 1. The molecule has 4 heterocycles. The van der Waals surface area contributed by atoms with Crippen LogP contribution in [0.3, 0.4) is 0 Å². The van der Waals surface area contributed by atoms with E-state index in [0.717, 1.165) is 16.7 Å². The van der Waals surface area contributed by atoms with E-state index in [4.69, 9.17) is 4.74 Å². The number of hydrogen-bond donors (Lipinski definition) is 0. The molecule has 230 valence electrons. The fourth-order valence-electron chi connectivity index (χ4n) is 5.14. The molecule has 0 spiro atoms. The summed E-state index contributed by atoms with van der Waals surface area (Å²) in [5, 5.41) is 4.31. The molecule has 15 heteroatoms. The molecule has 3 aromatic heterocycles. The predicted octanol–water partition coefficient (Wildman–Crippen LogP) is 3.06. The van der Waals surface area contributed by atoms with Crippen molar-refractivity contribution in [1.29, 1.82) is 0 Å². The lowest BCUT2D eigenvalue weighted by Crippen LogP contribution is -2.47. The van der Waals surface area contributed by atoms with Crippen molar-refractivity contribution in [3.63, 3.8) is 0 Å². The second kappa shape index (κ2) is 12.1. The lowest BCUT2D eigenvalue weighted by Gasteiger charge is -2.31. The minimum Gasteiger partial charge on any atom is -0.428 e. The van der Waals surface area contributed by atoms with E-state index in [1.807, 2.05) is 14.0 Å². The molecule has 5 rings (SSSR count). The van der Waals surface area contributed by atoms with Gasteiger partial charge in [0.15, 0.2) is 17.9 Å². The molecule has 0 bridgehead atoms. The Labute approximate surface area is 244 Å². The highest BCUT2D eigenvalue weighted by Crippen LogP contribution is 2.30. The number of fused-ring (bicyclic) bond motifs is 1. The summed E-state index contributed by atoms with van der Waals surface area (Å²) in [6, 6.07) is 4.97. The van der Waals surface area contributed by atoms with Crippen molar-refractivity contribution < 1.29 is 22.7 Å². The highest BCUT2D eigenvalue weighted by Gasteiger charge is 2.30. The van der Waals surface area contributed by atoms with Gasteiger partial charge in [-0.2, -0.15) is 18.3 Å². The first-order chi connectivity index (χ1) is 20.5. The third kappa shape index (κ3) is 6.07. The van der Waals surface area contributed by atoms with Gasteiger partial charge in [-0.3, -0.25) is 23.2 Å². The van der Waals surface area contributed by atoms with E-state index in [2.05, 4.69) is 15.0 Å². The van der Waals surface area contributed by atoms with Crippen LogP contribution in [0.1, 0.15) is 31.4 Å². The fraction of sp³-hybridized carbons (Fsp3) is 0.464. The van der Waals surface area contributed by atoms with Crippen LogP contribution in [0.5, 0.6) is 0 Å². The van der Waals surface area contributed by atoms with Crippen molar-refractivity contribution in [1.82, 2.24) is 38.3 Å². The van der Waals surface area contributed by atoms with Crippen molar-refractivity contribution in [2.24, 2.45) is 0 Å². The summed E-state index contributed by atoms with van der Waals surface area (Å²) in [5.74, 6) is 0.226. The number of alkyl halides is 3. The zero-order chi connectivity index (χ0) is 30.9. The summed E-state index contributed by atoms with van der Waals surface area (Å²) in [6.07, 6.45) is -1.42. The van der Waals surface area contributed by atoms with Gasteiger partial charge in [-0.05, 0) is 38.1 Å². The molecule has 43 heavy (non-hydrogen) atoms. The summed E-state index contributed by atoms with van der Waals surface area (Å²) in [5.41, 5.74) is -0.758. The number of aromatic nitrogens is 6. The molecule has 4 aromatic rings. The Morgan fingerprint density at radius 1 is 1.05 bits per heavy atom. The van der Waals surface area contributed by atoms with Crippen LogP contribution in [0, 0.1) is 0 Å². The molecule has 0 aliphatic carbocycles. The number of imidazole rings is 1. The van der Waals surface area contributed by atoms with Crippen LogP contribution >= 0.6 is 0 Å². The normalized spacial score (nSPS) is 14.5. The van der Waals surface area contributed by atoms with E-state index in [9.17, 15) is 27.6 Å². The second-order valence-electron chi connectivity index (χ2n) is 10.5. The quantitative estimate of drug-likeness (QED) is 0.305. The van der Waals surface area contributed by atoms with Crippen LogP contribution in [0.15, 0.2) is 46.2 Å². The van der Waals surface area contributed by atoms with Gasteiger partial charge < -0.3 is 14.5 Å². The Morgan fingerprint density at radius 3 is 2.47 bits per heavy atom. The summed E-state index contributed by atoms with van der Waals surface area (Å²) < 4.78 is 50.8. The maximum Gasteiger partial charge on any atom is 0.416 e. The van der Waals surface area contributed by atoms with E-state index in [1.54, 1.807) is 24.1 Å². The van der Waals surface area contributed by atoms with Crippen LogP contribution in [-0.4, -0.2) is 77.6 Å². The van der Waals surface area contributed by atoms with Gasteiger partial charge in [0.25, 0.3) is 5.56 Å². The maximum absolute atomic E-state index is 13.6. The van der Waals surface area contributed by atoms with Crippen molar-refractivity contribution in [2.75, 3.05) is 33.2 Å². The van der Waals surface area contributed by atoms with E-state index < -0.39 is 29.1 Å². The molecule has 0 radical (unpaired) electrons. The van der Waals surface area contributed by atoms with Crippen LogP contribution in [0.4, 0.5) is 18.0 Å². The number of likely N-dealkylation sites (N-methyl/N-ethyl adjacent to an activating group) is 1. The number of carbonyl (C=O) groups is 1. The predicted molar refractivity (Wildman–Crippen MR) is 152 cm³/mol. The number of piperazine rings is 1. The molecule has 0 N–H and O–H groups in total. The average molecular weight is 603 g/mol. The van der Waals surface area contributed by atoms with Gasteiger partial charge in [0.1, 0.15) is 5.82 Å². The third-order valence-electron chi connectivity index (χ3n) is 7.45. The molecule has 0 unspecified atom stereocenters. The highest BCUT2D eigenvalue weighted by molar-refractivity contribution is 5.77. The number of carbonyl (C=O) groups excluding carboxylic acids is 1. The van der Waals surface area contributed by atoms with E-state index in [-0.39, 0.29) is 43.4 Å². The molecule has 1 aliphatic heterocycles. The molecular formula is C28H33F3N8O4. The number of amides is 1. The van der Waals surface area contributed by atoms with Crippen LogP contribution in [0.25, 0.3) is 22.6 Å². The molecule has 1 aliphatic rings. The minimum atomic E-state index is -4.47. The number of ether oxygens (including phenoxy) is 1. The summed E-state index contributed by atoms with van der Waals surface area (Å²) in [4.78, 5) is 48.1. The number of rotatable bonds is 8. The Kier molecular flexibility index (Phi) is 8.44. The fourth-order valence-corrected chi connectivity index (χ4v) is 5.14. The minimum absolute atomic E-state index is 0.0471. The number of hydrogen-bond acceptors (Lipinski definition) is 7. The Hall–Kier alpha value is -4.40. The van der Waals surface area contributed by atoms with E-state index in [0.29, 0.717) is 43.7 Å². The summed E-state index contributed by atoms with van der Waals surface area (Å²) in [6.45, 7) is 6.14. The highest BCUT2D eigenvalue weighted by atomic mass is 19.4. The maximum atomic E-state index is 13.6. The first-order valence-corrected chi connectivity index (χ1v) is 14.0. The smallest absolute Gasteiger partial charge is 0.416 e. The van der Waals surface area contributed by atoms with Crippen LogP contribution in [0.2, 0.25) is 0 Å². The first-order valence-electron chi connectivity index (χ1n) is 14.0. The van der Waals surface area contributed by atoms with E-state index >= 15 is 0 Å². The summed E-state index contributed by atoms with van der Waals surface area (Å²) >= 11 is 0. The zero-order valence-electron chi connectivity index (χ0n) is 24.2. The molecular weight excluding hydrogens is 569 g/mol. The van der Waals surface area contributed by atoms with Crippen molar-refractivity contribution >= 4 is 17.3 Å². The van der Waals surface area contributed by atoms with Gasteiger partial charge in [-0.15, -0.1) is 0 Å². The number of aryl methyl sites for hydroxylation is 1. The average Bonchev–Trinajstić information content (AvgIpc) is 3.59. The lowest BCUT2D eigenvalue weighted by atomic mass is 10.1. The van der Waals surface area contributed by atoms with Gasteiger partial charge >= 0.3 is 18.0 Å². The van der Waals surface area contributed by atoms with Crippen molar-refractivity contribution in [2.45, 2.75) is 52.8 Å². The molecule has 1 amide bonds. The first kappa shape index (κ1) is 30.1. The lowest BCUT2D eigenvalue weighted by molar-refractivity contribution is -0.137. The van der Waals surface area contributed by atoms with Gasteiger partial charge in [0, 0.05) is 45.5 Å². The third-order valence-corrected chi connectivity index (χ3v) is 7.45. The molecule has 0 saturated carbocycles. The molecule has 0 atom stereocenters. The topological polar surface area (TPSA) is 112 Å².